The molecule has 0 bridgehead atoms. The molecule has 2 atom stereocenters. The molecule has 0 nitrogen and oxygen atoms in total. The summed E-state index contributed by atoms with van der Waals surface area (Å²) in [6.45, 7) is 13.9. The number of hydrogen-bond donors (Lipinski definition) is 0. The second-order valence-corrected chi connectivity index (χ2v) is 8.83. The van der Waals surface area contributed by atoms with Gasteiger partial charge in [0, 0.05) is 25.7 Å². The Labute approximate surface area is 189 Å². The molecule has 0 fully saturated rings. The zero-order valence-electron chi connectivity index (χ0n) is 21.1. The van der Waals surface area contributed by atoms with Crippen molar-refractivity contribution in [2.75, 3.05) is 0 Å². The predicted molar refractivity (Wildman–Crippen MR) is 135 cm³/mol. The van der Waals surface area contributed by atoms with E-state index in [-0.39, 0.29) is 0 Å². The molecule has 0 unspecified atom stereocenters. The second kappa shape index (κ2) is 16.3. The quantitative estimate of drug-likeness (QED) is 0.249. The van der Waals surface area contributed by atoms with E-state index in [1.165, 1.54) is 64.2 Å². The highest BCUT2D eigenvalue weighted by Crippen LogP contribution is 2.41. The molecule has 1 rings (SSSR count). The van der Waals surface area contributed by atoms with E-state index in [1.54, 1.807) is 22.3 Å². The molecular formula is C30H48. The Bertz CT molecular complexity index is 604. The maximum absolute atomic E-state index is 3.58. The average Bonchev–Trinajstić information content (AvgIpc) is 2.76. The molecule has 0 amide bonds. The van der Waals surface area contributed by atoms with E-state index < -0.39 is 0 Å². The highest BCUT2D eigenvalue weighted by atomic mass is 14.3. The van der Waals surface area contributed by atoms with Gasteiger partial charge in [-0.25, -0.2) is 0 Å². The summed E-state index contributed by atoms with van der Waals surface area (Å²) >= 11 is 0. The van der Waals surface area contributed by atoms with Crippen LogP contribution in [0.3, 0.4) is 0 Å². The fraction of sp³-hybridized carbons (Fsp3) is 0.733. The van der Waals surface area contributed by atoms with Gasteiger partial charge in [-0.1, -0.05) is 65.5 Å². The van der Waals surface area contributed by atoms with Crippen LogP contribution in [0.5, 0.6) is 0 Å². The van der Waals surface area contributed by atoms with Gasteiger partial charge in [0.25, 0.3) is 0 Å². The minimum absolute atomic E-state index is 0.649. The number of hydrogen-bond acceptors (Lipinski definition) is 0. The summed E-state index contributed by atoms with van der Waals surface area (Å²) in [6, 6.07) is 0. The summed E-state index contributed by atoms with van der Waals surface area (Å²) in [5.74, 6) is 15.4. The van der Waals surface area contributed by atoms with Crippen molar-refractivity contribution in [2.45, 2.75) is 131 Å². The van der Waals surface area contributed by atoms with Gasteiger partial charge in [-0.15, -0.1) is 23.7 Å². The standard InChI is InChI=1S/C30H48/c1-7-13-15-17-19-21-27-23-25(9-3)29(11-5)30(12-6)26(10-4)24-28(27)22-20-18-16-14-8-2/h27-28H,7-16,21-24H2,1-6H3/b29-25-,30-26-/t27-,28-/m1/s1. The van der Waals surface area contributed by atoms with Crippen LogP contribution in [-0.4, -0.2) is 0 Å². The zero-order valence-corrected chi connectivity index (χ0v) is 21.1. The normalized spacial score (nSPS) is 24.3. The average molecular weight is 409 g/mol. The van der Waals surface area contributed by atoms with E-state index >= 15 is 0 Å². The van der Waals surface area contributed by atoms with Gasteiger partial charge in [-0.2, -0.15) is 0 Å². The van der Waals surface area contributed by atoms with Crippen molar-refractivity contribution in [1.82, 2.24) is 0 Å². The molecule has 0 N–H and O–H groups in total. The molecule has 0 spiro atoms. The van der Waals surface area contributed by atoms with E-state index in [9.17, 15) is 0 Å². The fourth-order valence-electron chi connectivity index (χ4n) is 4.87. The first-order valence-corrected chi connectivity index (χ1v) is 13.0. The van der Waals surface area contributed by atoms with Gasteiger partial charge >= 0.3 is 0 Å². The van der Waals surface area contributed by atoms with Crippen molar-refractivity contribution in [3.63, 3.8) is 0 Å². The summed E-state index contributed by atoms with van der Waals surface area (Å²) in [4.78, 5) is 0. The lowest BCUT2D eigenvalue weighted by atomic mass is 9.72. The Kier molecular flexibility index (Phi) is 14.5. The van der Waals surface area contributed by atoms with Gasteiger partial charge in [-0.3, -0.25) is 0 Å². The van der Waals surface area contributed by atoms with Crippen LogP contribution in [0.15, 0.2) is 22.3 Å². The van der Waals surface area contributed by atoms with Crippen molar-refractivity contribution < 1.29 is 0 Å². The molecule has 0 heterocycles. The molecule has 0 saturated carbocycles. The van der Waals surface area contributed by atoms with Gasteiger partial charge in [0.2, 0.25) is 0 Å². The van der Waals surface area contributed by atoms with E-state index in [4.69, 9.17) is 0 Å². The topological polar surface area (TPSA) is 0 Å². The Morgan fingerprint density at radius 2 is 0.967 bits per heavy atom. The van der Waals surface area contributed by atoms with Crippen molar-refractivity contribution >= 4 is 0 Å². The van der Waals surface area contributed by atoms with Gasteiger partial charge in [0.05, 0.1) is 0 Å². The van der Waals surface area contributed by atoms with Crippen LogP contribution < -0.4 is 0 Å². The summed E-state index contributed by atoms with van der Waals surface area (Å²) in [7, 11) is 0. The van der Waals surface area contributed by atoms with Crippen LogP contribution >= 0.6 is 0 Å². The maximum Gasteiger partial charge on any atom is 0.0123 e. The van der Waals surface area contributed by atoms with E-state index in [0.29, 0.717) is 11.8 Å². The van der Waals surface area contributed by atoms with Gasteiger partial charge in [0.1, 0.15) is 0 Å². The Morgan fingerprint density at radius 1 is 0.567 bits per heavy atom. The summed E-state index contributed by atoms with van der Waals surface area (Å²) in [6.07, 6.45) is 16.3. The lowest BCUT2D eigenvalue weighted by Gasteiger charge is -2.32. The van der Waals surface area contributed by atoms with E-state index in [2.05, 4.69) is 65.2 Å². The first-order chi connectivity index (χ1) is 14.7. The molecular weight excluding hydrogens is 360 g/mol. The minimum Gasteiger partial charge on any atom is -0.103 e. The van der Waals surface area contributed by atoms with Crippen molar-refractivity contribution in [2.24, 2.45) is 11.8 Å². The summed E-state index contributed by atoms with van der Waals surface area (Å²) in [5, 5.41) is 0. The van der Waals surface area contributed by atoms with Crippen LogP contribution in [0.25, 0.3) is 0 Å². The largest absolute Gasteiger partial charge is 0.103 e. The van der Waals surface area contributed by atoms with Gasteiger partial charge in [0.15, 0.2) is 0 Å². The molecule has 0 aromatic rings. The number of rotatable bonds is 10. The monoisotopic (exact) mass is 408 g/mol. The first-order valence-electron chi connectivity index (χ1n) is 13.0. The third kappa shape index (κ3) is 8.76. The Balaban J connectivity index is 3.22. The molecule has 1 aliphatic carbocycles. The van der Waals surface area contributed by atoms with E-state index in [1.807, 2.05) is 0 Å². The third-order valence-corrected chi connectivity index (χ3v) is 6.75. The van der Waals surface area contributed by atoms with Crippen LogP contribution in [0.2, 0.25) is 0 Å². The highest BCUT2D eigenvalue weighted by molar-refractivity contribution is 5.40. The Morgan fingerprint density at radius 3 is 1.27 bits per heavy atom. The molecule has 0 aromatic heterocycles. The Hall–Kier alpha value is -1.40. The molecule has 0 aromatic carbocycles. The number of allylic oxidation sites excluding steroid dienone is 4. The van der Waals surface area contributed by atoms with Crippen molar-refractivity contribution in [3.8, 4) is 23.7 Å². The molecule has 30 heavy (non-hydrogen) atoms. The fourth-order valence-corrected chi connectivity index (χ4v) is 4.87. The van der Waals surface area contributed by atoms with Crippen molar-refractivity contribution in [3.05, 3.63) is 22.3 Å². The highest BCUT2D eigenvalue weighted by Gasteiger charge is 2.27. The lowest BCUT2D eigenvalue weighted by Crippen LogP contribution is -2.20. The lowest BCUT2D eigenvalue weighted by molar-refractivity contribution is 0.329. The zero-order chi connectivity index (χ0) is 22.2. The van der Waals surface area contributed by atoms with Gasteiger partial charge in [-0.05, 0) is 74.3 Å². The SMILES string of the molecule is CCCCC#CC[C@@H]1C/C(CC)=C(CC)\C(CC)=C(\CC)C[C@H]1CC#CCCCC. The van der Waals surface area contributed by atoms with Crippen LogP contribution in [0, 0.1) is 35.5 Å². The molecule has 0 radical (unpaired) electrons. The summed E-state index contributed by atoms with van der Waals surface area (Å²) in [5.41, 5.74) is 6.75. The van der Waals surface area contributed by atoms with Crippen molar-refractivity contribution in [1.29, 1.82) is 0 Å². The second-order valence-electron chi connectivity index (χ2n) is 8.83. The van der Waals surface area contributed by atoms with Crippen LogP contribution in [0.1, 0.15) is 131 Å². The first kappa shape index (κ1) is 26.6. The van der Waals surface area contributed by atoms with Crippen LogP contribution in [0.4, 0.5) is 0 Å². The maximum atomic E-state index is 3.58. The van der Waals surface area contributed by atoms with E-state index in [0.717, 1.165) is 25.7 Å². The molecule has 0 saturated heterocycles. The molecule has 0 heteroatoms. The van der Waals surface area contributed by atoms with Crippen LogP contribution in [-0.2, 0) is 0 Å². The summed E-state index contributed by atoms with van der Waals surface area (Å²) < 4.78 is 0. The predicted octanol–water partition coefficient (Wildman–Crippen LogP) is 9.41. The number of unbranched alkanes of at least 4 members (excludes halogenated alkanes) is 4. The molecule has 1 aliphatic rings. The third-order valence-electron chi connectivity index (χ3n) is 6.75. The molecule has 168 valence electrons. The smallest absolute Gasteiger partial charge is 0.0123 e. The minimum atomic E-state index is 0.649. The van der Waals surface area contributed by atoms with Gasteiger partial charge < -0.3 is 0 Å². The molecule has 0 aliphatic heterocycles.